The van der Waals surface area contributed by atoms with Crippen molar-refractivity contribution in [2.24, 2.45) is 0 Å². The molecule has 0 saturated heterocycles. The molecule has 0 radical (unpaired) electrons. The summed E-state index contributed by atoms with van der Waals surface area (Å²) in [6.45, 7) is 0. The Kier molecular flexibility index (Phi) is 5.07. The van der Waals surface area contributed by atoms with Crippen LogP contribution >= 0.6 is 11.3 Å². The van der Waals surface area contributed by atoms with E-state index in [0.717, 1.165) is 44.5 Å². The number of nitrogens with zero attached hydrogens (tertiary/aromatic N) is 3. The Bertz CT molecular complexity index is 2450. The zero-order valence-electron chi connectivity index (χ0n) is 22.5. The summed E-state index contributed by atoms with van der Waals surface area (Å²) in [6.07, 6.45) is 3.89. The molecule has 3 nitrogen and oxygen atoms in total. The Balaban J connectivity index is 1.31. The summed E-state index contributed by atoms with van der Waals surface area (Å²) >= 11 is 1.86. The van der Waals surface area contributed by atoms with E-state index in [4.69, 9.17) is 4.98 Å². The summed E-state index contributed by atoms with van der Waals surface area (Å²) < 4.78 is 4.95. The second-order valence-electron chi connectivity index (χ2n) is 10.7. The van der Waals surface area contributed by atoms with Gasteiger partial charge in [-0.25, -0.2) is 4.98 Å². The van der Waals surface area contributed by atoms with Crippen LogP contribution in [0.15, 0.2) is 140 Å². The molecule has 9 rings (SSSR count). The molecule has 0 N–H and O–H groups in total. The van der Waals surface area contributed by atoms with Crippen LogP contribution in [0.4, 0.5) is 0 Å². The van der Waals surface area contributed by atoms with Crippen molar-refractivity contribution < 1.29 is 0 Å². The van der Waals surface area contributed by atoms with Crippen LogP contribution in [0.5, 0.6) is 0 Å². The molecular formula is C38H23N3S. The molecule has 0 spiro atoms. The van der Waals surface area contributed by atoms with Crippen LogP contribution in [0.1, 0.15) is 0 Å². The predicted molar refractivity (Wildman–Crippen MR) is 178 cm³/mol. The maximum absolute atomic E-state index is 5.32. The van der Waals surface area contributed by atoms with E-state index in [1.165, 1.54) is 36.5 Å². The molecule has 0 fully saturated rings. The average molecular weight is 554 g/mol. The van der Waals surface area contributed by atoms with Crippen LogP contribution in [-0.2, 0) is 0 Å². The summed E-state index contributed by atoms with van der Waals surface area (Å²) in [6, 6.07) is 45.3. The molecule has 5 aromatic carbocycles. The highest BCUT2D eigenvalue weighted by atomic mass is 32.1. The van der Waals surface area contributed by atoms with Crippen LogP contribution in [0, 0.1) is 0 Å². The van der Waals surface area contributed by atoms with E-state index in [0.29, 0.717) is 0 Å². The Morgan fingerprint density at radius 1 is 0.548 bits per heavy atom. The summed E-state index contributed by atoms with van der Waals surface area (Å²) in [5, 5.41) is 6.15. The maximum atomic E-state index is 5.32. The fraction of sp³-hybridized carbons (Fsp3) is 0. The van der Waals surface area contributed by atoms with Crippen LogP contribution in [0.2, 0.25) is 0 Å². The van der Waals surface area contributed by atoms with Gasteiger partial charge in [0.1, 0.15) is 0 Å². The van der Waals surface area contributed by atoms with Gasteiger partial charge in [-0.05, 0) is 47.3 Å². The van der Waals surface area contributed by atoms with E-state index in [1.54, 1.807) is 0 Å². The molecule has 0 bridgehead atoms. The second kappa shape index (κ2) is 9.10. The van der Waals surface area contributed by atoms with Gasteiger partial charge in [-0.2, -0.15) is 0 Å². The smallest absolute Gasteiger partial charge is 0.0985 e. The standard InChI is InChI=1S/C38H23N3S/c1-2-8-25(9-3-1)32-19-21-34-37(40-32)36-33(20-18-30-29-12-6-7-13-35(29)42-38(30)36)41(34)27-16-14-24(15-17-27)31-23-39-22-26-10-4-5-11-28(26)31/h1-23H. The molecule has 9 aromatic rings. The molecule has 0 aliphatic carbocycles. The first kappa shape index (κ1) is 23.4. The first-order valence-corrected chi connectivity index (χ1v) is 14.9. The lowest BCUT2D eigenvalue weighted by Gasteiger charge is -2.11. The zero-order chi connectivity index (χ0) is 27.6. The molecular weight excluding hydrogens is 531 g/mol. The molecule has 42 heavy (non-hydrogen) atoms. The highest BCUT2D eigenvalue weighted by Gasteiger charge is 2.19. The lowest BCUT2D eigenvalue weighted by Crippen LogP contribution is -1.94. The van der Waals surface area contributed by atoms with Gasteiger partial charge in [0.2, 0.25) is 0 Å². The van der Waals surface area contributed by atoms with E-state index < -0.39 is 0 Å². The van der Waals surface area contributed by atoms with Gasteiger partial charge in [-0.1, -0.05) is 91.0 Å². The number of fused-ring (bicyclic) bond motifs is 8. The van der Waals surface area contributed by atoms with Crippen LogP contribution in [-0.4, -0.2) is 14.5 Å². The van der Waals surface area contributed by atoms with Crippen LogP contribution < -0.4 is 0 Å². The molecule has 0 aliphatic heterocycles. The van der Waals surface area contributed by atoms with Crippen molar-refractivity contribution in [1.82, 2.24) is 14.5 Å². The molecule has 4 aromatic heterocycles. The molecule has 0 amide bonds. The van der Waals surface area contributed by atoms with Crippen LogP contribution in [0.25, 0.3) is 81.0 Å². The third kappa shape index (κ3) is 3.46. The number of aromatic nitrogens is 3. The minimum Gasteiger partial charge on any atom is -0.308 e. The number of thiophene rings is 1. The number of hydrogen-bond acceptors (Lipinski definition) is 3. The van der Waals surface area contributed by atoms with E-state index in [9.17, 15) is 0 Å². The monoisotopic (exact) mass is 553 g/mol. The fourth-order valence-corrected chi connectivity index (χ4v) is 7.57. The van der Waals surface area contributed by atoms with Crippen molar-refractivity contribution in [1.29, 1.82) is 0 Å². The van der Waals surface area contributed by atoms with Crippen molar-refractivity contribution in [3.8, 4) is 28.1 Å². The number of rotatable bonds is 3. The maximum Gasteiger partial charge on any atom is 0.0985 e. The Labute approximate surface area is 246 Å². The lowest BCUT2D eigenvalue weighted by atomic mass is 10.0. The van der Waals surface area contributed by atoms with Gasteiger partial charge < -0.3 is 4.57 Å². The van der Waals surface area contributed by atoms with Crippen molar-refractivity contribution in [2.45, 2.75) is 0 Å². The summed E-state index contributed by atoms with van der Waals surface area (Å²) in [5.41, 5.74) is 8.82. The Morgan fingerprint density at radius 3 is 2.19 bits per heavy atom. The summed E-state index contributed by atoms with van der Waals surface area (Å²) in [4.78, 5) is 9.83. The quantitative estimate of drug-likeness (QED) is 0.218. The zero-order valence-corrected chi connectivity index (χ0v) is 23.3. The van der Waals surface area contributed by atoms with Crippen molar-refractivity contribution in [3.05, 3.63) is 140 Å². The Hall–Kier alpha value is -5.32. The van der Waals surface area contributed by atoms with E-state index in [1.807, 2.05) is 29.8 Å². The van der Waals surface area contributed by atoms with E-state index in [-0.39, 0.29) is 0 Å². The molecule has 196 valence electrons. The topological polar surface area (TPSA) is 30.7 Å². The van der Waals surface area contributed by atoms with Crippen LogP contribution in [0.3, 0.4) is 0 Å². The highest BCUT2D eigenvalue weighted by molar-refractivity contribution is 7.26. The molecule has 4 heterocycles. The SMILES string of the molecule is c1ccc(-c2ccc3c(n2)c2c4sc5ccccc5c4ccc2n3-c2ccc(-c3cncc4ccccc34)cc2)cc1. The largest absolute Gasteiger partial charge is 0.308 e. The second-order valence-corrected chi connectivity index (χ2v) is 11.7. The minimum atomic E-state index is 0.985. The third-order valence-corrected chi connectivity index (χ3v) is 9.50. The van der Waals surface area contributed by atoms with Gasteiger partial charge in [0.05, 0.1) is 22.2 Å². The highest BCUT2D eigenvalue weighted by Crippen LogP contribution is 2.43. The molecule has 0 aliphatic rings. The normalized spacial score (nSPS) is 11.8. The molecule has 0 saturated carbocycles. The molecule has 0 unspecified atom stereocenters. The molecule has 4 heteroatoms. The lowest BCUT2D eigenvalue weighted by molar-refractivity contribution is 1.18. The van der Waals surface area contributed by atoms with Crippen molar-refractivity contribution >= 4 is 64.2 Å². The summed E-state index contributed by atoms with van der Waals surface area (Å²) in [5.74, 6) is 0. The van der Waals surface area contributed by atoms with Crippen molar-refractivity contribution in [3.63, 3.8) is 0 Å². The fourth-order valence-electron chi connectivity index (χ4n) is 6.32. The van der Waals surface area contributed by atoms with Crippen molar-refractivity contribution in [2.75, 3.05) is 0 Å². The first-order valence-electron chi connectivity index (χ1n) is 14.1. The first-order chi connectivity index (χ1) is 20.8. The molecule has 0 atom stereocenters. The third-order valence-electron chi connectivity index (χ3n) is 8.29. The number of pyridine rings is 2. The van der Waals surface area contributed by atoms with E-state index in [2.05, 4.69) is 131 Å². The minimum absolute atomic E-state index is 0.985. The van der Waals surface area contributed by atoms with Gasteiger partial charge in [0.25, 0.3) is 0 Å². The van der Waals surface area contributed by atoms with E-state index >= 15 is 0 Å². The van der Waals surface area contributed by atoms with Gasteiger partial charge in [0.15, 0.2) is 0 Å². The average Bonchev–Trinajstić information content (AvgIpc) is 3.60. The number of hydrogen-bond donors (Lipinski definition) is 0. The van der Waals surface area contributed by atoms with Gasteiger partial charge in [0, 0.05) is 60.2 Å². The van der Waals surface area contributed by atoms with Gasteiger partial charge in [-0.15, -0.1) is 11.3 Å². The summed E-state index contributed by atoms with van der Waals surface area (Å²) in [7, 11) is 0. The van der Waals surface area contributed by atoms with Gasteiger partial charge in [-0.3, -0.25) is 4.98 Å². The Morgan fingerprint density at radius 2 is 1.31 bits per heavy atom. The predicted octanol–water partition coefficient (Wildman–Crippen LogP) is 10.4. The number of benzene rings is 5. The van der Waals surface area contributed by atoms with Gasteiger partial charge >= 0.3 is 0 Å².